The Labute approximate surface area is 168 Å². The molecule has 4 rings (SSSR count). The van der Waals surface area contributed by atoms with Crippen molar-refractivity contribution < 1.29 is 14.0 Å². The molecule has 0 bridgehead atoms. The molecule has 1 saturated heterocycles. The van der Waals surface area contributed by atoms with Crippen molar-refractivity contribution in [2.24, 2.45) is 5.92 Å². The van der Waals surface area contributed by atoms with Crippen LogP contribution in [0, 0.1) is 12.8 Å². The van der Waals surface area contributed by atoms with Crippen molar-refractivity contribution in [3.05, 3.63) is 71.9 Å². The van der Waals surface area contributed by atoms with Crippen LogP contribution in [0.1, 0.15) is 17.0 Å². The zero-order chi connectivity index (χ0) is 20.2. The molecule has 3 heterocycles. The van der Waals surface area contributed by atoms with Crippen LogP contribution in [-0.4, -0.2) is 39.8 Å². The second kappa shape index (κ2) is 8.26. The van der Waals surface area contributed by atoms with E-state index in [2.05, 4.69) is 15.3 Å². The fraction of sp³-hybridized carbons (Fsp3) is 0.273. The van der Waals surface area contributed by atoms with Crippen LogP contribution in [0.3, 0.4) is 0 Å². The molecule has 1 N–H and O–H groups in total. The van der Waals surface area contributed by atoms with Gasteiger partial charge in [0.05, 0.1) is 30.3 Å². The molecule has 0 atom stereocenters. The number of aryl methyl sites for hydroxylation is 1. The van der Waals surface area contributed by atoms with Crippen molar-refractivity contribution >= 4 is 11.8 Å². The summed E-state index contributed by atoms with van der Waals surface area (Å²) in [5.74, 6) is 0.216. The van der Waals surface area contributed by atoms with Gasteiger partial charge in [0.2, 0.25) is 17.7 Å². The third-order valence-corrected chi connectivity index (χ3v) is 5.06. The maximum atomic E-state index is 12.4. The summed E-state index contributed by atoms with van der Waals surface area (Å²) in [5.41, 5.74) is 3.36. The van der Waals surface area contributed by atoms with Gasteiger partial charge in [0, 0.05) is 24.8 Å². The van der Waals surface area contributed by atoms with Crippen LogP contribution in [0.5, 0.6) is 0 Å². The van der Waals surface area contributed by atoms with Crippen molar-refractivity contribution in [3.8, 4) is 11.5 Å². The average molecular weight is 390 g/mol. The van der Waals surface area contributed by atoms with E-state index in [1.807, 2.05) is 49.4 Å². The van der Waals surface area contributed by atoms with Gasteiger partial charge < -0.3 is 14.6 Å². The van der Waals surface area contributed by atoms with E-state index in [1.165, 1.54) is 6.26 Å². The fourth-order valence-electron chi connectivity index (χ4n) is 3.23. The van der Waals surface area contributed by atoms with Gasteiger partial charge in [0.1, 0.15) is 6.26 Å². The van der Waals surface area contributed by atoms with Gasteiger partial charge in [-0.3, -0.25) is 14.6 Å². The van der Waals surface area contributed by atoms with E-state index in [1.54, 1.807) is 11.1 Å². The SMILES string of the molecule is Cc1cccnc1CNC(=O)C1CN(C(=O)Cc2coc(-c3ccccc3)n2)C1. The number of rotatable bonds is 6. The fourth-order valence-corrected chi connectivity index (χ4v) is 3.23. The maximum absolute atomic E-state index is 12.4. The molecule has 148 valence electrons. The number of oxazole rings is 1. The van der Waals surface area contributed by atoms with E-state index in [4.69, 9.17) is 4.42 Å². The van der Waals surface area contributed by atoms with Crippen LogP contribution in [0.15, 0.2) is 59.3 Å². The Morgan fingerprint density at radius 3 is 2.72 bits per heavy atom. The zero-order valence-corrected chi connectivity index (χ0v) is 16.2. The Morgan fingerprint density at radius 1 is 1.17 bits per heavy atom. The minimum Gasteiger partial charge on any atom is -0.444 e. The predicted octanol–water partition coefficient (Wildman–Crippen LogP) is 2.36. The van der Waals surface area contributed by atoms with Crippen molar-refractivity contribution in [1.82, 2.24) is 20.2 Å². The van der Waals surface area contributed by atoms with E-state index >= 15 is 0 Å². The molecule has 3 aromatic rings. The molecule has 1 aromatic carbocycles. The second-order valence-corrected chi connectivity index (χ2v) is 7.17. The second-order valence-electron chi connectivity index (χ2n) is 7.17. The van der Waals surface area contributed by atoms with Crippen LogP contribution >= 0.6 is 0 Å². The molecule has 0 saturated carbocycles. The molecule has 2 aromatic heterocycles. The summed E-state index contributed by atoms with van der Waals surface area (Å²) in [6.45, 7) is 3.22. The summed E-state index contributed by atoms with van der Waals surface area (Å²) in [6, 6.07) is 13.4. The van der Waals surface area contributed by atoms with Crippen LogP contribution in [-0.2, 0) is 22.6 Å². The number of benzene rings is 1. The highest BCUT2D eigenvalue weighted by Gasteiger charge is 2.35. The van der Waals surface area contributed by atoms with Crippen molar-refractivity contribution in [2.75, 3.05) is 13.1 Å². The molecular formula is C22H22N4O3. The van der Waals surface area contributed by atoms with Gasteiger partial charge in [-0.2, -0.15) is 0 Å². The molecular weight excluding hydrogens is 368 g/mol. The lowest BCUT2D eigenvalue weighted by atomic mass is 9.98. The van der Waals surface area contributed by atoms with E-state index in [-0.39, 0.29) is 24.2 Å². The molecule has 29 heavy (non-hydrogen) atoms. The normalized spacial score (nSPS) is 13.8. The number of pyridine rings is 1. The highest BCUT2D eigenvalue weighted by molar-refractivity contribution is 5.85. The number of carbonyl (C=O) groups is 2. The molecule has 7 nitrogen and oxygen atoms in total. The Morgan fingerprint density at radius 2 is 1.97 bits per heavy atom. The minimum absolute atomic E-state index is 0.0492. The molecule has 0 radical (unpaired) electrons. The van der Waals surface area contributed by atoms with Gasteiger partial charge in [-0.1, -0.05) is 24.3 Å². The summed E-state index contributed by atoms with van der Waals surface area (Å²) >= 11 is 0. The van der Waals surface area contributed by atoms with E-state index in [0.717, 1.165) is 16.8 Å². The van der Waals surface area contributed by atoms with Gasteiger partial charge in [-0.05, 0) is 30.7 Å². The largest absolute Gasteiger partial charge is 0.444 e. The van der Waals surface area contributed by atoms with Gasteiger partial charge >= 0.3 is 0 Å². The average Bonchev–Trinajstić information content (AvgIpc) is 3.15. The molecule has 1 aliphatic rings. The van der Waals surface area contributed by atoms with E-state index in [0.29, 0.717) is 31.2 Å². The molecule has 1 fully saturated rings. The summed E-state index contributed by atoms with van der Waals surface area (Å²) in [5, 5.41) is 2.91. The Balaban J connectivity index is 1.24. The first-order valence-corrected chi connectivity index (χ1v) is 9.56. The Hall–Kier alpha value is -3.48. The van der Waals surface area contributed by atoms with Crippen LogP contribution < -0.4 is 5.32 Å². The van der Waals surface area contributed by atoms with Crippen LogP contribution in [0.25, 0.3) is 11.5 Å². The van der Waals surface area contributed by atoms with Crippen LogP contribution in [0.2, 0.25) is 0 Å². The van der Waals surface area contributed by atoms with Crippen molar-refractivity contribution in [2.45, 2.75) is 19.9 Å². The summed E-state index contributed by atoms with van der Waals surface area (Å²) in [7, 11) is 0. The van der Waals surface area contributed by atoms with Gasteiger partial charge in [-0.25, -0.2) is 4.98 Å². The number of hydrogen-bond acceptors (Lipinski definition) is 5. The summed E-state index contributed by atoms with van der Waals surface area (Å²) in [6.07, 6.45) is 3.39. The smallest absolute Gasteiger partial charge is 0.228 e. The lowest BCUT2D eigenvalue weighted by Crippen LogP contribution is -2.56. The molecule has 0 spiro atoms. The van der Waals surface area contributed by atoms with Gasteiger partial charge in [0.15, 0.2) is 0 Å². The molecule has 0 unspecified atom stereocenters. The topological polar surface area (TPSA) is 88.3 Å². The molecule has 7 heteroatoms. The lowest BCUT2D eigenvalue weighted by Gasteiger charge is -2.38. The number of hydrogen-bond donors (Lipinski definition) is 1. The lowest BCUT2D eigenvalue weighted by molar-refractivity contribution is -0.142. The van der Waals surface area contributed by atoms with Crippen molar-refractivity contribution in [3.63, 3.8) is 0 Å². The number of nitrogens with zero attached hydrogens (tertiary/aromatic N) is 3. The summed E-state index contributed by atoms with van der Waals surface area (Å²) < 4.78 is 5.47. The van der Waals surface area contributed by atoms with Crippen molar-refractivity contribution in [1.29, 1.82) is 0 Å². The number of aromatic nitrogens is 2. The predicted molar refractivity (Wildman–Crippen MR) is 107 cm³/mol. The minimum atomic E-state index is -0.180. The molecule has 2 amide bonds. The Kier molecular flexibility index (Phi) is 5.37. The first kappa shape index (κ1) is 18.9. The number of nitrogens with one attached hydrogen (secondary N) is 1. The third-order valence-electron chi connectivity index (χ3n) is 5.06. The van der Waals surface area contributed by atoms with E-state index in [9.17, 15) is 9.59 Å². The monoisotopic (exact) mass is 390 g/mol. The Bertz CT molecular complexity index is 1010. The summed E-state index contributed by atoms with van der Waals surface area (Å²) in [4.78, 5) is 35.1. The van der Waals surface area contributed by atoms with Crippen LogP contribution in [0.4, 0.5) is 0 Å². The number of carbonyl (C=O) groups excluding carboxylic acids is 2. The standard InChI is InChI=1S/C22H22N4O3/c1-15-6-5-9-23-19(15)11-24-21(28)17-12-26(13-17)20(27)10-18-14-29-22(25-18)16-7-3-2-4-8-16/h2-9,14,17H,10-13H2,1H3,(H,24,28). The first-order valence-electron chi connectivity index (χ1n) is 9.56. The zero-order valence-electron chi connectivity index (χ0n) is 16.2. The maximum Gasteiger partial charge on any atom is 0.228 e. The van der Waals surface area contributed by atoms with Gasteiger partial charge in [-0.15, -0.1) is 0 Å². The highest BCUT2D eigenvalue weighted by Crippen LogP contribution is 2.20. The van der Waals surface area contributed by atoms with Gasteiger partial charge in [0.25, 0.3) is 0 Å². The number of likely N-dealkylation sites (tertiary alicyclic amines) is 1. The molecule has 1 aliphatic heterocycles. The first-order chi connectivity index (χ1) is 14.1. The quantitative estimate of drug-likeness (QED) is 0.698. The highest BCUT2D eigenvalue weighted by atomic mass is 16.3. The third kappa shape index (κ3) is 4.34. The number of amides is 2. The molecule has 0 aliphatic carbocycles. The van der Waals surface area contributed by atoms with E-state index < -0.39 is 0 Å².